The van der Waals surface area contributed by atoms with Crippen molar-refractivity contribution in [1.29, 1.82) is 0 Å². The van der Waals surface area contributed by atoms with Gasteiger partial charge in [-0.05, 0) is 42.5 Å². The van der Waals surface area contributed by atoms with E-state index >= 15 is 0 Å². The molecule has 144 valence electrons. The fraction of sp³-hybridized carbons (Fsp3) is 0.222. The molecular formula is C18H21ClN4O3S. The predicted octanol–water partition coefficient (Wildman–Crippen LogP) is 3.61. The van der Waals surface area contributed by atoms with E-state index in [2.05, 4.69) is 23.4 Å². The van der Waals surface area contributed by atoms with Crippen LogP contribution >= 0.6 is 24.4 Å². The zero-order valence-corrected chi connectivity index (χ0v) is 16.6. The van der Waals surface area contributed by atoms with Crippen molar-refractivity contribution in [2.24, 2.45) is 0 Å². The Morgan fingerprint density at radius 2 is 1.74 bits per heavy atom. The highest BCUT2D eigenvalue weighted by molar-refractivity contribution is 7.82. The lowest BCUT2D eigenvalue weighted by Gasteiger charge is -2.21. The van der Waals surface area contributed by atoms with Crippen LogP contribution in [-0.4, -0.2) is 37.2 Å². The molecule has 0 unspecified atom stereocenters. The van der Waals surface area contributed by atoms with Gasteiger partial charge in [0.05, 0.1) is 23.0 Å². The lowest BCUT2D eigenvalue weighted by Crippen LogP contribution is -2.27. The number of halogens is 1. The lowest BCUT2D eigenvalue weighted by molar-refractivity contribution is -0.114. The second kappa shape index (κ2) is 9.50. The van der Waals surface area contributed by atoms with Crippen LogP contribution in [0.5, 0.6) is 0 Å². The Morgan fingerprint density at radius 3 is 2.30 bits per heavy atom. The number of likely N-dealkylation sites (N-methyl/N-ethyl adjacent to an activating group) is 1. The second-order valence-electron chi connectivity index (χ2n) is 5.78. The number of aliphatic hydroxyl groups is 1. The second-order valence-corrected chi connectivity index (χ2v) is 6.59. The van der Waals surface area contributed by atoms with Crippen molar-refractivity contribution >= 4 is 59.1 Å². The van der Waals surface area contributed by atoms with Crippen molar-refractivity contribution in [3.8, 4) is 0 Å². The highest BCUT2D eigenvalue weighted by Crippen LogP contribution is 2.28. The molecule has 0 saturated heterocycles. The molecule has 0 atom stereocenters. The maximum absolute atomic E-state index is 12.4. The van der Waals surface area contributed by atoms with Gasteiger partial charge in [0.25, 0.3) is 0 Å². The van der Waals surface area contributed by atoms with Gasteiger partial charge in [0.15, 0.2) is 0 Å². The van der Waals surface area contributed by atoms with E-state index in [0.717, 1.165) is 9.99 Å². The molecule has 0 aliphatic heterocycles. The molecule has 3 amide bonds. The Labute approximate surface area is 168 Å². The Balaban J connectivity index is 2.05. The molecule has 0 aromatic heterocycles. The van der Waals surface area contributed by atoms with Crippen LogP contribution in [0, 0.1) is 0 Å². The van der Waals surface area contributed by atoms with Gasteiger partial charge in [0.2, 0.25) is 5.91 Å². The van der Waals surface area contributed by atoms with E-state index in [4.69, 9.17) is 16.7 Å². The normalized spacial score (nSPS) is 10.3. The summed E-state index contributed by atoms with van der Waals surface area (Å²) in [6.07, 6.45) is 0. The average molecular weight is 409 g/mol. The van der Waals surface area contributed by atoms with Gasteiger partial charge >= 0.3 is 6.03 Å². The number of aliphatic hydroxyl groups excluding tert-OH is 1. The van der Waals surface area contributed by atoms with E-state index in [9.17, 15) is 9.59 Å². The van der Waals surface area contributed by atoms with E-state index in [1.54, 1.807) is 42.5 Å². The smallest absolute Gasteiger partial charge is 0.336 e. The van der Waals surface area contributed by atoms with E-state index in [1.807, 2.05) is 11.9 Å². The highest BCUT2D eigenvalue weighted by Gasteiger charge is 2.14. The SMILES string of the molecule is CC(=O)Nc1ccc(N(S)C(=O)Nc2ccc(N(C)CCO)c(Cl)c2)cc1. The number of hydrogen-bond acceptors (Lipinski definition) is 5. The number of nitrogens with one attached hydrogen (secondary N) is 2. The zero-order chi connectivity index (χ0) is 20.0. The van der Waals surface area contributed by atoms with Crippen LogP contribution in [-0.2, 0) is 4.79 Å². The number of urea groups is 1. The number of hydrogen-bond donors (Lipinski definition) is 4. The standard InChI is InChI=1S/C18H21ClN4O3S/c1-12(25)20-13-3-6-15(7-4-13)23(27)18(26)21-14-5-8-17(16(19)11-14)22(2)9-10-24/h3-8,11,24,27H,9-10H2,1-2H3,(H,20,25)(H,21,26). The zero-order valence-electron chi connectivity index (χ0n) is 14.9. The van der Waals surface area contributed by atoms with E-state index in [0.29, 0.717) is 28.6 Å². The average Bonchev–Trinajstić information content (AvgIpc) is 2.61. The van der Waals surface area contributed by atoms with Crippen molar-refractivity contribution in [1.82, 2.24) is 0 Å². The molecule has 0 spiro atoms. The number of thiol groups is 1. The molecule has 0 radical (unpaired) electrons. The van der Waals surface area contributed by atoms with E-state index in [1.165, 1.54) is 6.92 Å². The van der Waals surface area contributed by atoms with Crippen LogP contribution in [0.2, 0.25) is 5.02 Å². The van der Waals surface area contributed by atoms with E-state index < -0.39 is 6.03 Å². The molecule has 2 aromatic carbocycles. The minimum Gasteiger partial charge on any atom is -0.395 e. The minimum atomic E-state index is -0.460. The summed E-state index contributed by atoms with van der Waals surface area (Å²) in [5, 5.41) is 14.8. The summed E-state index contributed by atoms with van der Waals surface area (Å²) in [6.45, 7) is 1.88. The Kier molecular flexibility index (Phi) is 7.35. The minimum absolute atomic E-state index is 0.0145. The molecule has 0 fully saturated rings. The lowest BCUT2D eigenvalue weighted by atomic mass is 10.2. The summed E-state index contributed by atoms with van der Waals surface area (Å²) in [7, 11) is 1.82. The summed E-state index contributed by atoms with van der Waals surface area (Å²) < 4.78 is 1.15. The van der Waals surface area contributed by atoms with Crippen molar-refractivity contribution in [2.75, 3.05) is 40.0 Å². The van der Waals surface area contributed by atoms with Crippen LogP contribution in [0.1, 0.15) is 6.92 Å². The van der Waals surface area contributed by atoms with Gasteiger partial charge in [-0.2, -0.15) is 0 Å². The first-order valence-electron chi connectivity index (χ1n) is 8.11. The largest absolute Gasteiger partial charge is 0.395 e. The number of rotatable bonds is 6. The topological polar surface area (TPSA) is 84.9 Å². The monoisotopic (exact) mass is 408 g/mol. The molecule has 9 heteroatoms. The van der Waals surface area contributed by atoms with Crippen molar-refractivity contribution < 1.29 is 14.7 Å². The fourth-order valence-corrected chi connectivity index (χ4v) is 2.86. The van der Waals surface area contributed by atoms with Gasteiger partial charge < -0.3 is 20.6 Å². The predicted molar refractivity (Wildman–Crippen MR) is 113 cm³/mol. The van der Waals surface area contributed by atoms with Gasteiger partial charge in [0.1, 0.15) is 0 Å². The third-order valence-corrected chi connectivity index (χ3v) is 4.39. The molecule has 27 heavy (non-hydrogen) atoms. The molecule has 0 heterocycles. The Hall–Kier alpha value is -2.42. The molecule has 0 saturated carbocycles. The quantitative estimate of drug-likeness (QED) is 0.550. The van der Waals surface area contributed by atoms with Gasteiger partial charge in [-0.25, -0.2) is 9.10 Å². The third kappa shape index (κ3) is 5.78. The summed E-state index contributed by atoms with van der Waals surface area (Å²) in [5.74, 6) is -0.173. The van der Waals surface area contributed by atoms with Crippen molar-refractivity contribution in [3.05, 3.63) is 47.5 Å². The van der Waals surface area contributed by atoms with Gasteiger partial charge in [-0.15, -0.1) is 0 Å². The van der Waals surface area contributed by atoms with Gasteiger partial charge in [0, 0.05) is 31.9 Å². The summed E-state index contributed by atoms with van der Waals surface area (Å²) >= 11 is 10.5. The van der Waals surface area contributed by atoms with Crippen LogP contribution in [0.4, 0.5) is 27.5 Å². The first kappa shape index (κ1) is 20.9. The molecule has 2 aromatic rings. The Morgan fingerprint density at radius 1 is 1.11 bits per heavy atom. The number of amides is 3. The molecule has 7 nitrogen and oxygen atoms in total. The molecule has 0 aliphatic carbocycles. The summed E-state index contributed by atoms with van der Waals surface area (Å²) in [5.41, 5.74) is 2.43. The van der Waals surface area contributed by atoms with Gasteiger partial charge in [-0.1, -0.05) is 24.4 Å². The first-order chi connectivity index (χ1) is 12.8. The number of carbonyl (C=O) groups is 2. The van der Waals surface area contributed by atoms with Crippen molar-refractivity contribution in [2.45, 2.75) is 6.92 Å². The number of nitrogens with zero attached hydrogens (tertiary/aromatic N) is 2. The number of benzene rings is 2. The highest BCUT2D eigenvalue weighted by atomic mass is 35.5. The van der Waals surface area contributed by atoms with Crippen LogP contribution in [0.15, 0.2) is 42.5 Å². The van der Waals surface area contributed by atoms with Crippen LogP contribution in [0.25, 0.3) is 0 Å². The van der Waals surface area contributed by atoms with Gasteiger partial charge in [-0.3, -0.25) is 4.79 Å². The molecule has 0 aliphatic rings. The molecular weight excluding hydrogens is 388 g/mol. The number of carbonyl (C=O) groups excluding carboxylic acids is 2. The summed E-state index contributed by atoms with van der Waals surface area (Å²) in [4.78, 5) is 25.3. The van der Waals surface area contributed by atoms with E-state index in [-0.39, 0.29) is 12.5 Å². The maximum Gasteiger partial charge on any atom is 0.336 e. The number of anilines is 4. The molecule has 3 N–H and O–H groups in total. The molecule has 2 rings (SSSR count). The Bertz CT molecular complexity index is 817. The first-order valence-corrected chi connectivity index (χ1v) is 8.89. The maximum atomic E-state index is 12.4. The summed E-state index contributed by atoms with van der Waals surface area (Å²) in [6, 6.07) is 11.3. The van der Waals surface area contributed by atoms with Crippen LogP contribution in [0.3, 0.4) is 0 Å². The molecule has 0 bridgehead atoms. The third-order valence-electron chi connectivity index (χ3n) is 3.67. The fourth-order valence-electron chi connectivity index (χ4n) is 2.35. The van der Waals surface area contributed by atoms with Crippen molar-refractivity contribution in [3.63, 3.8) is 0 Å². The van der Waals surface area contributed by atoms with Crippen LogP contribution < -0.4 is 19.8 Å².